The van der Waals surface area contributed by atoms with Crippen molar-refractivity contribution in [3.63, 3.8) is 0 Å². The standard InChI is InChI=1S/C12H19ClN4O/c1-14-12-16-7-10(13)11(17-12)15-6-8-3-2-4-9(18)5-8/h7-9,18H,2-6H2,1H3,(H2,14,15,16,17). The van der Waals surface area contributed by atoms with Crippen molar-refractivity contribution in [2.24, 2.45) is 5.92 Å². The van der Waals surface area contributed by atoms with Crippen molar-refractivity contribution in [1.29, 1.82) is 0 Å². The summed E-state index contributed by atoms with van der Waals surface area (Å²) >= 11 is 6.03. The summed E-state index contributed by atoms with van der Waals surface area (Å²) in [4.78, 5) is 8.30. The van der Waals surface area contributed by atoms with Gasteiger partial charge in [-0.15, -0.1) is 0 Å². The monoisotopic (exact) mass is 270 g/mol. The second-order valence-corrected chi connectivity index (χ2v) is 5.11. The number of hydrogen-bond acceptors (Lipinski definition) is 5. The van der Waals surface area contributed by atoms with Gasteiger partial charge < -0.3 is 15.7 Å². The minimum absolute atomic E-state index is 0.153. The number of aliphatic hydroxyl groups excluding tert-OH is 1. The minimum Gasteiger partial charge on any atom is -0.393 e. The Morgan fingerprint density at radius 2 is 2.33 bits per heavy atom. The van der Waals surface area contributed by atoms with Crippen LogP contribution in [0.3, 0.4) is 0 Å². The fourth-order valence-electron chi connectivity index (χ4n) is 2.30. The zero-order chi connectivity index (χ0) is 13.0. The first-order valence-corrected chi connectivity index (χ1v) is 6.69. The molecule has 3 N–H and O–H groups in total. The highest BCUT2D eigenvalue weighted by molar-refractivity contribution is 6.32. The number of halogens is 1. The molecule has 0 amide bonds. The third-order valence-corrected chi connectivity index (χ3v) is 3.56. The first-order valence-electron chi connectivity index (χ1n) is 6.31. The van der Waals surface area contributed by atoms with Gasteiger partial charge in [0, 0.05) is 13.6 Å². The molecule has 1 aliphatic carbocycles. The molecule has 1 aliphatic rings. The highest BCUT2D eigenvalue weighted by Gasteiger charge is 2.20. The molecule has 2 unspecified atom stereocenters. The molecule has 0 radical (unpaired) electrons. The van der Waals surface area contributed by atoms with Crippen molar-refractivity contribution in [1.82, 2.24) is 9.97 Å². The maximum absolute atomic E-state index is 9.62. The van der Waals surface area contributed by atoms with Crippen LogP contribution in [0.25, 0.3) is 0 Å². The lowest BCUT2D eigenvalue weighted by atomic mass is 9.87. The summed E-state index contributed by atoms with van der Waals surface area (Å²) < 4.78 is 0. The predicted octanol–water partition coefficient (Wildman–Crippen LogP) is 2.13. The first-order chi connectivity index (χ1) is 8.69. The fourth-order valence-corrected chi connectivity index (χ4v) is 2.46. The SMILES string of the molecule is CNc1ncc(Cl)c(NCC2CCCC(O)C2)n1. The molecule has 100 valence electrons. The van der Waals surface area contributed by atoms with Gasteiger partial charge in [0.1, 0.15) is 10.8 Å². The third kappa shape index (κ3) is 3.46. The molecule has 1 aromatic heterocycles. The molecule has 1 fully saturated rings. The summed E-state index contributed by atoms with van der Waals surface area (Å²) in [6.45, 7) is 0.789. The van der Waals surface area contributed by atoms with E-state index in [4.69, 9.17) is 11.6 Å². The Morgan fingerprint density at radius 1 is 1.50 bits per heavy atom. The van der Waals surface area contributed by atoms with Crippen molar-refractivity contribution in [2.45, 2.75) is 31.8 Å². The van der Waals surface area contributed by atoms with E-state index >= 15 is 0 Å². The molecule has 1 heterocycles. The van der Waals surface area contributed by atoms with Crippen molar-refractivity contribution in [2.75, 3.05) is 24.2 Å². The van der Waals surface area contributed by atoms with Gasteiger partial charge in [0.15, 0.2) is 0 Å². The summed E-state index contributed by atoms with van der Waals surface area (Å²) in [5.74, 6) is 1.68. The highest BCUT2D eigenvalue weighted by atomic mass is 35.5. The van der Waals surface area contributed by atoms with Crippen LogP contribution in [0.4, 0.5) is 11.8 Å². The Bertz CT molecular complexity index is 402. The lowest BCUT2D eigenvalue weighted by molar-refractivity contribution is 0.104. The highest BCUT2D eigenvalue weighted by Crippen LogP contribution is 2.26. The van der Waals surface area contributed by atoms with Crippen LogP contribution >= 0.6 is 11.6 Å². The van der Waals surface area contributed by atoms with Gasteiger partial charge in [-0.05, 0) is 25.2 Å². The Hall–Kier alpha value is -1.07. The summed E-state index contributed by atoms with van der Waals surface area (Å²) in [5.41, 5.74) is 0. The van der Waals surface area contributed by atoms with Gasteiger partial charge in [0.05, 0.1) is 12.3 Å². The maximum atomic E-state index is 9.62. The third-order valence-electron chi connectivity index (χ3n) is 3.28. The Morgan fingerprint density at radius 3 is 3.06 bits per heavy atom. The number of hydrogen-bond donors (Lipinski definition) is 3. The molecular formula is C12H19ClN4O. The van der Waals surface area contributed by atoms with Crippen molar-refractivity contribution in [3.05, 3.63) is 11.2 Å². The van der Waals surface area contributed by atoms with E-state index in [0.29, 0.717) is 22.7 Å². The number of nitrogens with one attached hydrogen (secondary N) is 2. The molecule has 2 atom stereocenters. The summed E-state index contributed by atoms with van der Waals surface area (Å²) in [6, 6.07) is 0. The van der Waals surface area contributed by atoms with E-state index in [9.17, 15) is 5.11 Å². The number of anilines is 2. The Kier molecular flexibility index (Phi) is 4.60. The van der Waals surface area contributed by atoms with Gasteiger partial charge >= 0.3 is 0 Å². The van der Waals surface area contributed by atoms with Gasteiger partial charge in [-0.25, -0.2) is 4.98 Å². The van der Waals surface area contributed by atoms with E-state index in [1.807, 2.05) is 0 Å². The van der Waals surface area contributed by atoms with Crippen LogP contribution < -0.4 is 10.6 Å². The average Bonchev–Trinajstić information content (AvgIpc) is 2.38. The van der Waals surface area contributed by atoms with Crippen LogP contribution in [-0.4, -0.2) is 34.8 Å². The van der Waals surface area contributed by atoms with Gasteiger partial charge in [0.25, 0.3) is 0 Å². The molecule has 0 saturated heterocycles. The van der Waals surface area contributed by atoms with Gasteiger partial charge in [-0.3, -0.25) is 0 Å². The summed E-state index contributed by atoms with van der Waals surface area (Å²) in [6.07, 6.45) is 5.44. The van der Waals surface area contributed by atoms with Crippen LogP contribution in [0.5, 0.6) is 0 Å². The van der Waals surface area contributed by atoms with E-state index in [1.54, 1.807) is 13.2 Å². The van der Waals surface area contributed by atoms with E-state index in [0.717, 1.165) is 32.2 Å². The molecule has 2 rings (SSSR count). The van der Waals surface area contributed by atoms with Crippen LogP contribution in [0, 0.1) is 5.92 Å². The van der Waals surface area contributed by atoms with Gasteiger partial charge in [-0.2, -0.15) is 4.98 Å². The van der Waals surface area contributed by atoms with E-state index in [2.05, 4.69) is 20.6 Å². The average molecular weight is 271 g/mol. The van der Waals surface area contributed by atoms with Crippen LogP contribution in [-0.2, 0) is 0 Å². The predicted molar refractivity (Wildman–Crippen MR) is 73.0 cm³/mol. The quantitative estimate of drug-likeness (QED) is 0.782. The molecule has 0 bridgehead atoms. The van der Waals surface area contributed by atoms with Crippen molar-refractivity contribution >= 4 is 23.4 Å². The second kappa shape index (κ2) is 6.20. The van der Waals surface area contributed by atoms with Crippen LogP contribution in [0.1, 0.15) is 25.7 Å². The van der Waals surface area contributed by atoms with Crippen LogP contribution in [0.2, 0.25) is 5.02 Å². The van der Waals surface area contributed by atoms with Gasteiger partial charge in [0.2, 0.25) is 5.95 Å². The number of aromatic nitrogens is 2. The number of nitrogens with zero attached hydrogens (tertiary/aromatic N) is 2. The molecule has 6 heteroatoms. The summed E-state index contributed by atoms with van der Waals surface area (Å²) in [5, 5.41) is 16.3. The minimum atomic E-state index is -0.153. The molecule has 5 nitrogen and oxygen atoms in total. The summed E-state index contributed by atoms with van der Waals surface area (Å²) in [7, 11) is 1.77. The molecule has 1 saturated carbocycles. The zero-order valence-electron chi connectivity index (χ0n) is 10.5. The fraction of sp³-hybridized carbons (Fsp3) is 0.667. The van der Waals surface area contributed by atoms with Crippen molar-refractivity contribution in [3.8, 4) is 0 Å². The zero-order valence-corrected chi connectivity index (χ0v) is 11.2. The van der Waals surface area contributed by atoms with Crippen molar-refractivity contribution < 1.29 is 5.11 Å². The topological polar surface area (TPSA) is 70.1 Å². The Balaban J connectivity index is 1.92. The lowest BCUT2D eigenvalue weighted by Gasteiger charge is -2.26. The van der Waals surface area contributed by atoms with E-state index in [1.165, 1.54) is 0 Å². The normalized spacial score (nSPS) is 23.7. The molecule has 1 aromatic rings. The molecule has 0 aliphatic heterocycles. The maximum Gasteiger partial charge on any atom is 0.224 e. The second-order valence-electron chi connectivity index (χ2n) is 4.71. The van der Waals surface area contributed by atoms with Crippen LogP contribution in [0.15, 0.2) is 6.20 Å². The first kappa shape index (κ1) is 13.4. The smallest absolute Gasteiger partial charge is 0.224 e. The Labute approximate surface area is 112 Å². The lowest BCUT2D eigenvalue weighted by Crippen LogP contribution is -2.25. The molecular weight excluding hydrogens is 252 g/mol. The molecule has 18 heavy (non-hydrogen) atoms. The number of aliphatic hydroxyl groups is 1. The largest absolute Gasteiger partial charge is 0.393 e. The number of rotatable bonds is 4. The molecule has 0 spiro atoms. The van der Waals surface area contributed by atoms with E-state index < -0.39 is 0 Å². The molecule has 0 aromatic carbocycles. The van der Waals surface area contributed by atoms with Gasteiger partial charge in [-0.1, -0.05) is 18.0 Å². The van der Waals surface area contributed by atoms with E-state index in [-0.39, 0.29) is 6.10 Å².